The molecule has 1 aliphatic heterocycles. The molecule has 4 heteroatoms. The predicted molar refractivity (Wildman–Crippen MR) is 87.3 cm³/mol. The molecule has 1 fully saturated rings. The van der Waals surface area contributed by atoms with Crippen LogP contribution in [0.2, 0.25) is 0 Å². The molecule has 1 aliphatic rings. The van der Waals surface area contributed by atoms with Crippen LogP contribution < -0.4 is 16.0 Å². The zero-order valence-electron chi connectivity index (χ0n) is 13.6. The van der Waals surface area contributed by atoms with E-state index in [0.29, 0.717) is 0 Å². The zero-order chi connectivity index (χ0) is 15.3. The van der Waals surface area contributed by atoms with Crippen LogP contribution in [0.5, 0.6) is 5.75 Å². The summed E-state index contributed by atoms with van der Waals surface area (Å²) in [5, 5.41) is 0. The molecule has 4 nitrogen and oxygen atoms in total. The fourth-order valence-corrected chi connectivity index (χ4v) is 3.29. The van der Waals surface area contributed by atoms with Crippen LogP contribution in [0.15, 0.2) is 24.3 Å². The highest BCUT2D eigenvalue weighted by Gasteiger charge is 2.35. The molecule has 0 saturated carbocycles. The fraction of sp³-hybridized carbons (Fsp3) is 0.647. The monoisotopic (exact) mass is 291 g/mol. The average molecular weight is 291 g/mol. The van der Waals surface area contributed by atoms with E-state index in [1.807, 2.05) is 12.1 Å². The Morgan fingerprint density at radius 3 is 2.52 bits per heavy atom. The van der Waals surface area contributed by atoms with Gasteiger partial charge in [-0.25, -0.2) is 0 Å². The lowest BCUT2D eigenvalue weighted by atomic mass is 9.86. The number of benzene rings is 1. The molecule has 21 heavy (non-hydrogen) atoms. The number of hydrazine groups is 1. The second-order valence-electron chi connectivity index (χ2n) is 6.44. The summed E-state index contributed by atoms with van der Waals surface area (Å²) in [6.07, 6.45) is 4.79. The number of ether oxygens (including phenoxy) is 1. The van der Waals surface area contributed by atoms with Crippen LogP contribution in [0, 0.1) is 0 Å². The minimum atomic E-state index is 0.0238. The molecule has 3 N–H and O–H groups in total. The van der Waals surface area contributed by atoms with Gasteiger partial charge in [0.05, 0.1) is 7.11 Å². The van der Waals surface area contributed by atoms with E-state index in [0.717, 1.165) is 25.3 Å². The molecule has 1 heterocycles. The number of likely N-dealkylation sites (tertiary alicyclic amines) is 1. The number of rotatable bonds is 6. The number of hydrogen-bond donors (Lipinski definition) is 2. The maximum absolute atomic E-state index is 5.89. The van der Waals surface area contributed by atoms with Gasteiger partial charge < -0.3 is 4.74 Å². The number of para-hydroxylation sites is 1. The molecule has 0 aliphatic carbocycles. The topological polar surface area (TPSA) is 50.5 Å². The van der Waals surface area contributed by atoms with Gasteiger partial charge in [0.1, 0.15) is 5.75 Å². The van der Waals surface area contributed by atoms with Gasteiger partial charge in [-0.05, 0) is 57.8 Å². The summed E-state index contributed by atoms with van der Waals surface area (Å²) >= 11 is 0. The molecule has 0 amide bonds. The third kappa shape index (κ3) is 3.76. The van der Waals surface area contributed by atoms with Gasteiger partial charge in [0.2, 0.25) is 0 Å². The summed E-state index contributed by atoms with van der Waals surface area (Å²) < 4.78 is 5.47. The Kier molecular flexibility index (Phi) is 5.62. The van der Waals surface area contributed by atoms with Gasteiger partial charge in [-0.3, -0.25) is 16.2 Å². The van der Waals surface area contributed by atoms with Crippen molar-refractivity contribution >= 4 is 0 Å². The van der Waals surface area contributed by atoms with E-state index in [1.54, 1.807) is 7.11 Å². The minimum Gasteiger partial charge on any atom is -0.496 e. The average Bonchev–Trinajstić information content (AvgIpc) is 2.53. The molecule has 0 radical (unpaired) electrons. The summed E-state index contributed by atoms with van der Waals surface area (Å²) in [4.78, 5) is 2.57. The second kappa shape index (κ2) is 7.25. The molecule has 118 valence electrons. The van der Waals surface area contributed by atoms with E-state index < -0.39 is 0 Å². The molecule has 1 unspecified atom stereocenters. The Morgan fingerprint density at radius 2 is 1.90 bits per heavy atom. The smallest absolute Gasteiger partial charge is 0.122 e. The minimum absolute atomic E-state index is 0.0238. The molecular formula is C17H29N3O. The van der Waals surface area contributed by atoms with Crippen LogP contribution >= 0.6 is 0 Å². The SMILES string of the molecule is COc1ccccc1CC(NN)C(C)(C)N1CCCCC1. The standard InChI is InChI=1S/C17H29N3O/c1-17(2,20-11-7-4-8-12-20)16(19-18)13-14-9-5-6-10-15(14)21-3/h5-6,9-10,16,19H,4,7-8,11-13,18H2,1-3H3. The summed E-state index contributed by atoms with van der Waals surface area (Å²) in [5.74, 6) is 6.82. The number of nitrogens with two attached hydrogens (primary N) is 1. The summed E-state index contributed by atoms with van der Waals surface area (Å²) in [6.45, 7) is 6.91. The second-order valence-corrected chi connectivity index (χ2v) is 6.44. The molecule has 1 aromatic rings. The van der Waals surface area contributed by atoms with Crippen LogP contribution in [0.1, 0.15) is 38.7 Å². The fourth-order valence-electron chi connectivity index (χ4n) is 3.29. The maximum Gasteiger partial charge on any atom is 0.122 e. The first-order valence-corrected chi connectivity index (χ1v) is 7.92. The van der Waals surface area contributed by atoms with E-state index in [2.05, 4.69) is 36.3 Å². The Bertz CT molecular complexity index is 441. The Balaban J connectivity index is 2.14. The first-order chi connectivity index (χ1) is 10.1. The summed E-state index contributed by atoms with van der Waals surface area (Å²) in [5.41, 5.74) is 4.27. The molecule has 0 spiro atoms. The summed E-state index contributed by atoms with van der Waals surface area (Å²) in [7, 11) is 1.72. The van der Waals surface area contributed by atoms with E-state index in [4.69, 9.17) is 10.6 Å². The van der Waals surface area contributed by atoms with Gasteiger partial charge in [-0.15, -0.1) is 0 Å². The summed E-state index contributed by atoms with van der Waals surface area (Å²) in [6, 6.07) is 8.38. The van der Waals surface area contributed by atoms with Crippen molar-refractivity contribution in [2.24, 2.45) is 5.84 Å². The third-order valence-electron chi connectivity index (χ3n) is 4.84. The molecule has 2 rings (SSSR count). The zero-order valence-corrected chi connectivity index (χ0v) is 13.6. The Hall–Kier alpha value is -1.10. The first kappa shape index (κ1) is 16.3. The van der Waals surface area contributed by atoms with Crippen molar-refractivity contribution in [3.63, 3.8) is 0 Å². The highest BCUT2D eigenvalue weighted by atomic mass is 16.5. The van der Waals surface area contributed by atoms with Crippen molar-refractivity contribution in [1.82, 2.24) is 10.3 Å². The normalized spacial score (nSPS) is 18.5. The molecule has 0 bridgehead atoms. The van der Waals surface area contributed by atoms with E-state index in [-0.39, 0.29) is 11.6 Å². The highest BCUT2D eigenvalue weighted by molar-refractivity contribution is 5.34. The van der Waals surface area contributed by atoms with Gasteiger partial charge in [0, 0.05) is 11.6 Å². The largest absolute Gasteiger partial charge is 0.496 e. The number of nitrogens with one attached hydrogen (secondary N) is 1. The van der Waals surface area contributed by atoms with E-state index in [1.165, 1.54) is 24.8 Å². The Morgan fingerprint density at radius 1 is 1.24 bits per heavy atom. The van der Waals surface area contributed by atoms with Gasteiger partial charge in [0.15, 0.2) is 0 Å². The quantitative estimate of drug-likeness (QED) is 0.624. The molecule has 0 aromatic heterocycles. The van der Waals surface area contributed by atoms with Crippen LogP contribution in [0.4, 0.5) is 0 Å². The van der Waals surface area contributed by atoms with E-state index >= 15 is 0 Å². The lowest BCUT2D eigenvalue weighted by Crippen LogP contribution is -2.61. The molecule has 1 aromatic carbocycles. The Labute approximate surface area is 128 Å². The van der Waals surface area contributed by atoms with Crippen molar-refractivity contribution in [3.05, 3.63) is 29.8 Å². The van der Waals surface area contributed by atoms with Crippen molar-refractivity contribution in [3.8, 4) is 5.75 Å². The van der Waals surface area contributed by atoms with Crippen LogP contribution in [0.3, 0.4) is 0 Å². The van der Waals surface area contributed by atoms with Gasteiger partial charge in [-0.2, -0.15) is 0 Å². The highest BCUT2D eigenvalue weighted by Crippen LogP contribution is 2.28. The van der Waals surface area contributed by atoms with Crippen LogP contribution in [-0.4, -0.2) is 36.7 Å². The number of nitrogens with zero attached hydrogens (tertiary/aromatic N) is 1. The van der Waals surface area contributed by atoms with Crippen LogP contribution in [-0.2, 0) is 6.42 Å². The third-order valence-corrected chi connectivity index (χ3v) is 4.84. The lowest BCUT2D eigenvalue weighted by molar-refractivity contribution is 0.0609. The lowest BCUT2D eigenvalue weighted by Gasteiger charge is -2.46. The van der Waals surface area contributed by atoms with Gasteiger partial charge >= 0.3 is 0 Å². The number of hydrogen-bond acceptors (Lipinski definition) is 4. The first-order valence-electron chi connectivity index (χ1n) is 7.92. The molecule has 1 atom stereocenters. The van der Waals surface area contributed by atoms with Crippen molar-refractivity contribution in [2.45, 2.75) is 51.1 Å². The van der Waals surface area contributed by atoms with Gasteiger partial charge in [0.25, 0.3) is 0 Å². The van der Waals surface area contributed by atoms with Crippen molar-refractivity contribution < 1.29 is 4.74 Å². The number of piperidine rings is 1. The maximum atomic E-state index is 5.89. The van der Waals surface area contributed by atoms with Crippen molar-refractivity contribution in [1.29, 1.82) is 0 Å². The predicted octanol–water partition coefficient (Wildman–Crippen LogP) is 2.33. The van der Waals surface area contributed by atoms with Gasteiger partial charge in [-0.1, -0.05) is 24.6 Å². The number of methoxy groups -OCH3 is 1. The molecular weight excluding hydrogens is 262 g/mol. The van der Waals surface area contributed by atoms with Crippen LogP contribution in [0.25, 0.3) is 0 Å². The molecule has 1 saturated heterocycles. The van der Waals surface area contributed by atoms with Crippen molar-refractivity contribution in [2.75, 3.05) is 20.2 Å². The van der Waals surface area contributed by atoms with E-state index in [9.17, 15) is 0 Å².